The third-order valence-electron chi connectivity index (χ3n) is 3.45. The summed E-state index contributed by atoms with van der Waals surface area (Å²) >= 11 is 0. The van der Waals surface area contributed by atoms with Crippen molar-refractivity contribution in [2.75, 3.05) is 0 Å². The third-order valence-corrected chi connectivity index (χ3v) is 3.45. The molecule has 0 bridgehead atoms. The summed E-state index contributed by atoms with van der Waals surface area (Å²) in [6, 6.07) is 5.27. The van der Waals surface area contributed by atoms with Crippen LogP contribution in [-0.4, -0.2) is 34.8 Å². The molecule has 0 saturated heterocycles. The van der Waals surface area contributed by atoms with Crippen LogP contribution < -0.4 is 71.9 Å². The van der Waals surface area contributed by atoms with Crippen molar-refractivity contribution in [3.05, 3.63) is 69.8 Å². The van der Waals surface area contributed by atoms with Crippen LogP contribution in [0.15, 0.2) is 36.4 Å². The quantitative estimate of drug-likeness (QED) is 0.379. The van der Waals surface area contributed by atoms with Gasteiger partial charge in [0.25, 0.3) is 0 Å². The molecule has 2 rings (SSSR count). The molecule has 0 unspecified atom stereocenters. The number of carbonyl (C=O) groups is 5. The second kappa shape index (κ2) is 11.7. The summed E-state index contributed by atoms with van der Waals surface area (Å²) < 4.78 is 0. The molecule has 0 atom stereocenters. The van der Waals surface area contributed by atoms with Gasteiger partial charge >= 0.3 is 62.6 Å². The third kappa shape index (κ3) is 6.39. The average Bonchev–Trinajstić information content (AvgIpc) is 2.59. The van der Waals surface area contributed by atoms with Gasteiger partial charge in [-0.1, -0.05) is 18.2 Å². The molecule has 0 heterocycles. The summed E-state index contributed by atoms with van der Waals surface area (Å²) in [5, 5.41) is 41.9. The molecule has 0 aliphatic rings. The van der Waals surface area contributed by atoms with Gasteiger partial charge in [0.05, 0.1) is 23.5 Å². The van der Waals surface area contributed by atoms with Crippen LogP contribution in [-0.2, 0) is 0 Å². The SMILES string of the molecule is O=C(c1ccc(C(=O)[O-])c(C(=O)[O-])c1)c1ccc(C(=O)O)c(C(=O)[O-])c1.[Li+].[Li+].[Li+]. The summed E-state index contributed by atoms with van der Waals surface area (Å²) in [6.45, 7) is 0. The number of hydrogen-bond donors (Lipinski definition) is 1. The number of carboxylic acid groups (broad SMARTS) is 4. The maximum Gasteiger partial charge on any atom is 1.00 e. The molecule has 0 fully saturated rings. The Hall–Kier alpha value is -2.22. The largest absolute Gasteiger partial charge is 1.00 e. The van der Waals surface area contributed by atoms with Crippen LogP contribution in [0.2, 0.25) is 0 Å². The Morgan fingerprint density at radius 3 is 1.28 bits per heavy atom. The molecule has 0 aliphatic carbocycles. The standard InChI is InChI=1S/C17H10O9.3Li/c18-13(7-1-3-9(14(19)20)11(5-7)16(23)24)8-2-4-10(15(21)22)12(6-8)17(25)26;;;/h1-6H,(H,19,20)(H,21,22)(H,23,24)(H,25,26);;;/q;3*+1/p-3. The fourth-order valence-corrected chi connectivity index (χ4v) is 2.24. The molecule has 0 saturated carbocycles. The number of ketones is 1. The number of carboxylic acids is 4. The van der Waals surface area contributed by atoms with Crippen molar-refractivity contribution in [3.63, 3.8) is 0 Å². The smallest absolute Gasteiger partial charge is 0.545 e. The zero-order valence-electron chi connectivity index (χ0n) is 15.7. The van der Waals surface area contributed by atoms with Crippen LogP contribution in [0.25, 0.3) is 0 Å². The molecule has 1 N–H and O–H groups in total. The predicted octanol–water partition coefficient (Wildman–Crippen LogP) is -11.3. The van der Waals surface area contributed by atoms with E-state index in [-0.39, 0.29) is 67.7 Å². The molecule has 0 aliphatic heterocycles. The first-order valence-corrected chi connectivity index (χ1v) is 6.83. The van der Waals surface area contributed by atoms with Gasteiger partial charge in [-0.15, -0.1) is 0 Å². The predicted molar refractivity (Wildman–Crippen MR) is 76.3 cm³/mol. The van der Waals surface area contributed by atoms with Crippen LogP contribution in [0.4, 0.5) is 0 Å². The van der Waals surface area contributed by atoms with Gasteiger partial charge in [0.1, 0.15) is 0 Å². The summed E-state index contributed by atoms with van der Waals surface area (Å²) in [6.07, 6.45) is 0. The van der Waals surface area contributed by atoms with Gasteiger partial charge in [-0.3, -0.25) is 4.79 Å². The van der Waals surface area contributed by atoms with Crippen LogP contribution in [0.3, 0.4) is 0 Å². The Labute approximate surface area is 199 Å². The van der Waals surface area contributed by atoms with Crippen LogP contribution >= 0.6 is 0 Å². The van der Waals surface area contributed by atoms with Gasteiger partial charge in [-0.05, 0) is 18.2 Å². The Morgan fingerprint density at radius 1 is 0.586 bits per heavy atom. The summed E-state index contributed by atoms with van der Waals surface area (Å²) in [4.78, 5) is 56.4. The Kier molecular flexibility index (Phi) is 11.7. The Balaban J connectivity index is 0. The number of carbonyl (C=O) groups excluding carboxylic acids is 4. The number of aromatic carboxylic acids is 4. The maximum atomic E-state index is 12.4. The van der Waals surface area contributed by atoms with E-state index in [1.807, 2.05) is 0 Å². The van der Waals surface area contributed by atoms with E-state index >= 15 is 0 Å². The molecule has 0 radical (unpaired) electrons. The van der Waals surface area contributed by atoms with E-state index in [1.54, 1.807) is 0 Å². The topological polar surface area (TPSA) is 175 Å². The molecule has 2 aromatic rings. The second-order valence-corrected chi connectivity index (χ2v) is 5.02. The first kappa shape index (κ1) is 29.0. The van der Waals surface area contributed by atoms with Crippen molar-refractivity contribution >= 4 is 29.7 Å². The fourth-order valence-electron chi connectivity index (χ4n) is 2.24. The molecule has 0 aromatic heterocycles. The minimum absolute atomic E-state index is 0. The number of benzene rings is 2. The van der Waals surface area contributed by atoms with Gasteiger partial charge in [0.15, 0.2) is 5.78 Å². The molecule has 0 amide bonds. The van der Waals surface area contributed by atoms with Crippen molar-refractivity contribution in [1.29, 1.82) is 0 Å². The molecule has 132 valence electrons. The monoisotopic (exact) mass is 376 g/mol. The van der Waals surface area contributed by atoms with Crippen LogP contribution in [0.1, 0.15) is 57.4 Å². The van der Waals surface area contributed by atoms with Gasteiger partial charge < -0.3 is 34.8 Å². The van der Waals surface area contributed by atoms with Crippen molar-refractivity contribution in [1.82, 2.24) is 0 Å². The minimum Gasteiger partial charge on any atom is -0.545 e. The molecule has 0 spiro atoms. The number of hydrogen-bond acceptors (Lipinski definition) is 8. The fraction of sp³-hybridized carbons (Fsp3) is 0. The minimum atomic E-state index is -1.85. The normalized spacial score (nSPS) is 9.10. The maximum absolute atomic E-state index is 12.4. The first-order chi connectivity index (χ1) is 12.1. The van der Waals surface area contributed by atoms with E-state index in [2.05, 4.69) is 0 Å². The van der Waals surface area contributed by atoms with Crippen LogP contribution in [0.5, 0.6) is 0 Å². The Bertz CT molecular complexity index is 909. The van der Waals surface area contributed by atoms with Gasteiger partial charge in [0, 0.05) is 27.8 Å². The van der Waals surface area contributed by atoms with E-state index in [9.17, 15) is 39.3 Å². The van der Waals surface area contributed by atoms with Crippen molar-refractivity contribution in [3.8, 4) is 0 Å². The average molecular weight is 376 g/mol. The molecule has 9 nitrogen and oxygen atoms in total. The zero-order chi connectivity index (χ0) is 19.6. The van der Waals surface area contributed by atoms with E-state index in [4.69, 9.17) is 5.11 Å². The van der Waals surface area contributed by atoms with Crippen LogP contribution in [0, 0.1) is 0 Å². The van der Waals surface area contributed by atoms with Gasteiger partial charge in [-0.2, -0.15) is 0 Å². The second-order valence-electron chi connectivity index (χ2n) is 5.02. The van der Waals surface area contributed by atoms with E-state index in [1.165, 1.54) is 0 Å². The molecular weight excluding hydrogens is 369 g/mol. The first-order valence-electron chi connectivity index (χ1n) is 6.83. The van der Waals surface area contributed by atoms with Gasteiger partial charge in [-0.25, -0.2) is 4.79 Å². The van der Waals surface area contributed by atoms with E-state index < -0.39 is 51.9 Å². The van der Waals surface area contributed by atoms with Crippen molar-refractivity contribution in [2.45, 2.75) is 0 Å². The molecule has 2 aromatic carbocycles. The summed E-state index contributed by atoms with van der Waals surface area (Å²) in [5.74, 6) is -7.86. The molecule has 12 heteroatoms. The van der Waals surface area contributed by atoms with Gasteiger partial charge in [0.2, 0.25) is 0 Å². The zero-order valence-corrected chi connectivity index (χ0v) is 15.7. The number of rotatable bonds is 6. The summed E-state index contributed by atoms with van der Waals surface area (Å²) in [5.41, 5.74) is -3.36. The Morgan fingerprint density at radius 2 is 0.931 bits per heavy atom. The van der Waals surface area contributed by atoms with Crippen molar-refractivity contribution in [2.24, 2.45) is 0 Å². The summed E-state index contributed by atoms with van der Waals surface area (Å²) in [7, 11) is 0. The van der Waals surface area contributed by atoms with Crippen molar-refractivity contribution < 1.29 is 101 Å². The molecule has 29 heavy (non-hydrogen) atoms. The van der Waals surface area contributed by atoms with E-state index in [0.717, 1.165) is 36.4 Å². The van der Waals surface area contributed by atoms with E-state index in [0.29, 0.717) is 0 Å². The molecular formula is C17H7Li3O9.